The molecule has 1 saturated heterocycles. The SMILES string of the molecule is C=CC(O)C/C(=N\OS(=C)(=O)O)S[C@@H]1OC(CO)[C@@H](O)[C@H](O)C1O. The lowest BCUT2D eigenvalue weighted by molar-refractivity contribution is -0.205. The van der Waals surface area contributed by atoms with Crippen LogP contribution in [0.2, 0.25) is 0 Å². The lowest BCUT2D eigenvalue weighted by Gasteiger charge is -2.39. The van der Waals surface area contributed by atoms with Gasteiger partial charge in [0, 0.05) is 12.3 Å². The normalized spacial score (nSPS) is 35.1. The Hall–Kier alpha value is -0.700. The van der Waals surface area contributed by atoms with E-state index in [1.165, 1.54) is 6.08 Å². The minimum Gasteiger partial charge on any atom is -0.394 e. The van der Waals surface area contributed by atoms with Crippen molar-refractivity contribution in [3.8, 4) is 0 Å². The molecule has 0 amide bonds. The molecule has 10 nitrogen and oxygen atoms in total. The van der Waals surface area contributed by atoms with Crippen LogP contribution in [-0.4, -0.2) is 87.8 Å². The third-order valence-corrected chi connectivity index (χ3v) is 4.46. The molecule has 140 valence electrons. The van der Waals surface area contributed by atoms with Crippen LogP contribution in [0.3, 0.4) is 0 Å². The first-order valence-electron chi connectivity index (χ1n) is 6.72. The standard InChI is InChI=1S/C12H21NO9S2/c1-3-6(15)4-8(13-22-24(2,19)20)23-12-11(18)10(17)9(16)7(5-14)21-12/h3,6-7,9-12,14-18H,1-2,4-5H2,(H,19,20)/b13-8+/t6?,7?,9-,10+,11?,12+/m1/s1. The molecule has 0 spiro atoms. The second-order valence-electron chi connectivity index (χ2n) is 4.96. The summed E-state index contributed by atoms with van der Waals surface area (Å²) in [6.45, 7) is 2.76. The molecular weight excluding hydrogens is 366 g/mol. The van der Waals surface area contributed by atoms with Gasteiger partial charge in [0.2, 0.25) is 0 Å². The number of nitrogens with zero attached hydrogens (tertiary/aromatic N) is 1. The minimum absolute atomic E-state index is 0.0582. The molecule has 24 heavy (non-hydrogen) atoms. The van der Waals surface area contributed by atoms with Gasteiger partial charge in [-0.2, -0.15) is 4.21 Å². The van der Waals surface area contributed by atoms with Crippen LogP contribution in [0.25, 0.3) is 0 Å². The third kappa shape index (κ3) is 6.31. The topological polar surface area (TPSA) is 169 Å². The summed E-state index contributed by atoms with van der Waals surface area (Å²) in [6, 6.07) is 0. The van der Waals surface area contributed by atoms with Gasteiger partial charge in [0.15, 0.2) is 0 Å². The van der Waals surface area contributed by atoms with Crippen molar-refractivity contribution in [2.75, 3.05) is 6.61 Å². The molecule has 1 rings (SSSR count). The summed E-state index contributed by atoms with van der Waals surface area (Å²) in [6.07, 6.45) is -5.84. The first kappa shape index (κ1) is 21.3. The summed E-state index contributed by atoms with van der Waals surface area (Å²) in [5.74, 6) is 2.83. The summed E-state index contributed by atoms with van der Waals surface area (Å²) in [4.78, 5) is 0. The van der Waals surface area contributed by atoms with E-state index in [2.05, 4.69) is 21.9 Å². The number of hydrogen-bond acceptors (Lipinski definition) is 10. The molecule has 1 heterocycles. The molecule has 6 N–H and O–H groups in total. The second kappa shape index (κ2) is 9.12. The van der Waals surface area contributed by atoms with Crippen molar-refractivity contribution >= 4 is 32.8 Å². The van der Waals surface area contributed by atoms with Crippen molar-refractivity contribution in [2.24, 2.45) is 5.16 Å². The van der Waals surface area contributed by atoms with Crippen LogP contribution in [0.4, 0.5) is 0 Å². The van der Waals surface area contributed by atoms with Gasteiger partial charge in [-0.3, -0.25) is 8.84 Å². The largest absolute Gasteiger partial charge is 0.394 e. The van der Waals surface area contributed by atoms with Gasteiger partial charge in [-0.05, 0) is 0 Å². The van der Waals surface area contributed by atoms with Crippen LogP contribution in [0, 0.1) is 0 Å². The first-order valence-corrected chi connectivity index (χ1v) is 9.20. The minimum atomic E-state index is -3.89. The monoisotopic (exact) mass is 387 g/mol. The number of rotatable bonds is 7. The second-order valence-corrected chi connectivity index (χ2v) is 7.45. The number of aliphatic hydroxyl groups is 5. The zero-order valence-electron chi connectivity index (χ0n) is 12.5. The van der Waals surface area contributed by atoms with Crippen LogP contribution < -0.4 is 0 Å². The van der Waals surface area contributed by atoms with Gasteiger partial charge in [0.25, 0.3) is 10.1 Å². The summed E-state index contributed by atoms with van der Waals surface area (Å²) >= 11 is 0.681. The average Bonchev–Trinajstić information content (AvgIpc) is 2.52. The Morgan fingerprint density at radius 3 is 2.50 bits per heavy atom. The fraction of sp³-hybridized carbons (Fsp3) is 0.667. The summed E-state index contributed by atoms with van der Waals surface area (Å²) < 4.78 is 29.6. The van der Waals surface area contributed by atoms with Crippen molar-refractivity contribution in [1.29, 1.82) is 0 Å². The van der Waals surface area contributed by atoms with Crippen molar-refractivity contribution in [2.45, 2.75) is 42.4 Å². The lowest BCUT2D eigenvalue weighted by atomic mass is 10.0. The van der Waals surface area contributed by atoms with E-state index in [0.29, 0.717) is 11.8 Å². The van der Waals surface area contributed by atoms with Gasteiger partial charge in [-0.25, -0.2) is 0 Å². The van der Waals surface area contributed by atoms with Gasteiger partial charge < -0.3 is 30.3 Å². The van der Waals surface area contributed by atoms with Gasteiger partial charge in [0.05, 0.1) is 12.7 Å². The Morgan fingerprint density at radius 2 is 2.00 bits per heavy atom. The molecule has 0 aromatic heterocycles. The number of oxime groups is 1. The molecule has 0 aromatic carbocycles. The Bertz CT molecular complexity index is 551. The van der Waals surface area contributed by atoms with E-state index in [9.17, 15) is 24.6 Å². The number of ether oxygens (including phenoxy) is 1. The van der Waals surface area contributed by atoms with Crippen LogP contribution in [0.15, 0.2) is 17.8 Å². The summed E-state index contributed by atoms with van der Waals surface area (Å²) in [5, 5.41) is 51.5. The Labute approximate surface area is 143 Å². The zero-order valence-corrected chi connectivity index (χ0v) is 14.2. The molecule has 0 saturated carbocycles. The van der Waals surface area contributed by atoms with Crippen molar-refractivity contribution in [1.82, 2.24) is 0 Å². The highest BCUT2D eigenvalue weighted by atomic mass is 32.2. The molecule has 4 unspecified atom stereocenters. The van der Waals surface area contributed by atoms with E-state index in [1.54, 1.807) is 0 Å². The molecule has 12 heteroatoms. The number of thioether (sulfide) groups is 1. The Kier molecular flexibility index (Phi) is 8.11. The van der Waals surface area contributed by atoms with Crippen molar-refractivity contribution in [3.05, 3.63) is 12.7 Å². The van der Waals surface area contributed by atoms with Crippen molar-refractivity contribution in [3.63, 3.8) is 0 Å². The molecule has 0 radical (unpaired) electrons. The van der Waals surface area contributed by atoms with E-state index in [0.717, 1.165) is 0 Å². The van der Waals surface area contributed by atoms with Crippen LogP contribution in [-0.2, 0) is 19.1 Å². The fourth-order valence-corrected chi connectivity index (χ4v) is 3.14. The number of hydrogen-bond donors (Lipinski definition) is 6. The Balaban J connectivity index is 2.92. The lowest BCUT2D eigenvalue weighted by Crippen LogP contribution is -2.57. The zero-order chi connectivity index (χ0) is 18.5. The molecule has 0 bridgehead atoms. The van der Waals surface area contributed by atoms with E-state index >= 15 is 0 Å². The number of aliphatic hydroxyl groups excluding tert-OH is 5. The summed E-state index contributed by atoms with van der Waals surface area (Å²) in [5.41, 5.74) is -1.18. The quantitative estimate of drug-likeness (QED) is 0.0934. The van der Waals surface area contributed by atoms with Crippen LogP contribution in [0.1, 0.15) is 6.42 Å². The third-order valence-electron chi connectivity index (χ3n) is 3.01. The first-order chi connectivity index (χ1) is 11.1. The highest BCUT2D eigenvalue weighted by molar-refractivity contribution is 8.14. The predicted molar refractivity (Wildman–Crippen MR) is 88.6 cm³/mol. The van der Waals surface area contributed by atoms with E-state index in [-0.39, 0.29) is 11.5 Å². The maximum absolute atomic E-state index is 11.0. The highest BCUT2D eigenvalue weighted by Crippen LogP contribution is 2.30. The van der Waals surface area contributed by atoms with Gasteiger partial charge in [0.1, 0.15) is 34.9 Å². The van der Waals surface area contributed by atoms with E-state index < -0.39 is 52.6 Å². The van der Waals surface area contributed by atoms with Crippen LogP contribution >= 0.6 is 11.8 Å². The molecule has 1 aliphatic heterocycles. The van der Waals surface area contributed by atoms with Gasteiger partial charge in [-0.15, -0.1) is 6.58 Å². The smallest absolute Gasteiger partial charge is 0.261 e. The van der Waals surface area contributed by atoms with Gasteiger partial charge in [-0.1, -0.05) is 23.0 Å². The summed E-state index contributed by atoms with van der Waals surface area (Å²) in [7, 11) is -3.89. The average molecular weight is 387 g/mol. The Morgan fingerprint density at radius 1 is 1.38 bits per heavy atom. The van der Waals surface area contributed by atoms with Crippen molar-refractivity contribution < 1.29 is 43.3 Å². The predicted octanol–water partition coefficient (Wildman–Crippen LogP) is -2.11. The molecule has 1 aliphatic rings. The maximum atomic E-state index is 11.0. The molecule has 1 fully saturated rings. The maximum Gasteiger partial charge on any atom is 0.261 e. The van der Waals surface area contributed by atoms with E-state index in [1.807, 2.05) is 0 Å². The highest BCUT2D eigenvalue weighted by Gasteiger charge is 2.44. The molecule has 7 atom stereocenters. The molecule has 0 aliphatic carbocycles. The van der Waals surface area contributed by atoms with E-state index in [4.69, 9.17) is 14.4 Å². The molecular formula is C12H21NO9S2. The molecule has 0 aromatic rings. The van der Waals surface area contributed by atoms with Crippen LogP contribution in [0.5, 0.6) is 0 Å². The fourth-order valence-electron chi connectivity index (χ4n) is 1.77. The van der Waals surface area contributed by atoms with Gasteiger partial charge >= 0.3 is 0 Å².